The van der Waals surface area contributed by atoms with Crippen LogP contribution < -0.4 is 10.6 Å². The number of hydrogen-bond acceptors (Lipinski definition) is 3. The maximum atomic E-state index is 12.5. The number of amides is 2. The van der Waals surface area contributed by atoms with Gasteiger partial charge in [0.1, 0.15) is 5.82 Å². The number of hydrogen-bond donors (Lipinski definition) is 2. The molecule has 0 atom stereocenters. The van der Waals surface area contributed by atoms with Crippen molar-refractivity contribution in [2.75, 3.05) is 11.9 Å². The molecule has 0 saturated carbocycles. The first kappa shape index (κ1) is 22.3. The van der Waals surface area contributed by atoms with Crippen LogP contribution in [0.2, 0.25) is 0 Å². The van der Waals surface area contributed by atoms with Crippen molar-refractivity contribution in [1.29, 1.82) is 0 Å². The van der Waals surface area contributed by atoms with Gasteiger partial charge in [-0.3, -0.25) is 9.59 Å². The molecule has 1 heterocycles. The van der Waals surface area contributed by atoms with Gasteiger partial charge in [-0.1, -0.05) is 81.4 Å². The lowest BCUT2D eigenvalue weighted by Crippen LogP contribution is -2.29. The van der Waals surface area contributed by atoms with Gasteiger partial charge in [0.2, 0.25) is 11.8 Å². The van der Waals surface area contributed by atoms with E-state index in [0.29, 0.717) is 18.8 Å². The molecule has 1 aromatic heterocycles. The zero-order valence-electron chi connectivity index (χ0n) is 18.4. The highest BCUT2D eigenvalue weighted by Gasteiger charge is 2.21. The van der Waals surface area contributed by atoms with E-state index >= 15 is 0 Å². The third-order valence-corrected chi connectivity index (χ3v) is 4.87. The topological polar surface area (TPSA) is 76.0 Å². The first-order valence-corrected chi connectivity index (χ1v) is 10.5. The molecule has 6 heteroatoms. The van der Waals surface area contributed by atoms with Gasteiger partial charge in [0.15, 0.2) is 0 Å². The first-order valence-electron chi connectivity index (χ1n) is 10.5. The third-order valence-electron chi connectivity index (χ3n) is 4.87. The summed E-state index contributed by atoms with van der Waals surface area (Å²) in [5.41, 5.74) is 2.83. The van der Waals surface area contributed by atoms with E-state index in [0.717, 1.165) is 16.8 Å². The molecule has 3 rings (SSSR count). The van der Waals surface area contributed by atoms with Crippen LogP contribution in [0.4, 0.5) is 5.82 Å². The lowest BCUT2D eigenvalue weighted by atomic mass is 9.92. The second-order valence-corrected chi connectivity index (χ2v) is 8.62. The number of carbonyl (C=O) groups is 2. The van der Waals surface area contributed by atoms with Crippen LogP contribution >= 0.6 is 0 Å². The summed E-state index contributed by atoms with van der Waals surface area (Å²) in [5, 5.41) is 10.5. The molecular formula is C25H30N4O2. The van der Waals surface area contributed by atoms with Crippen LogP contribution in [0, 0.1) is 0 Å². The van der Waals surface area contributed by atoms with Gasteiger partial charge < -0.3 is 10.6 Å². The lowest BCUT2D eigenvalue weighted by molar-refractivity contribution is -0.120. The van der Waals surface area contributed by atoms with Crippen molar-refractivity contribution in [1.82, 2.24) is 15.1 Å². The SMILES string of the molecule is CC(C)(C)c1cc(NC(=O)CCNC(=O)Cc2ccccc2)n(Cc2ccccc2)n1. The summed E-state index contributed by atoms with van der Waals surface area (Å²) >= 11 is 0. The molecule has 0 saturated heterocycles. The Labute approximate surface area is 183 Å². The molecular weight excluding hydrogens is 388 g/mol. The van der Waals surface area contributed by atoms with Crippen LogP contribution in [0.1, 0.15) is 44.0 Å². The fourth-order valence-electron chi connectivity index (χ4n) is 3.13. The summed E-state index contributed by atoms with van der Waals surface area (Å²) in [6.07, 6.45) is 0.503. The fourth-order valence-corrected chi connectivity index (χ4v) is 3.13. The van der Waals surface area contributed by atoms with Crippen LogP contribution in [0.5, 0.6) is 0 Å². The van der Waals surface area contributed by atoms with Gasteiger partial charge in [0.05, 0.1) is 18.7 Å². The summed E-state index contributed by atoms with van der Waals surface area (Å²) in [4.78, 5) is 24.6. The monoisotopic (exact) mass is 418 g/mol. The zero-order valence-corrected chi connectivity index (χ0v) is 18.4. The molecule has 0 aliphatic rings. The number of anilines is 1. The number of benzene rings is 2. The minimum Gasteiger partial charge on any atom is -0.355 e. The molecule has 31 heavy (non-hydrogen) atoms. The van der Waals surface area contributed by atoms with Crippen LogP contribution in [0.25, 0.3) is 0 Å². The quantitative estimate of drug-likeness (QED) is 0.582. The Bertz CT molecular complexity index is 1010. The van der Waals surface area contributed by atoms with Crippen molar-refractivity contribution in [3.63, 3.8) is 0 Å². The van der Waals surface area contributed by atoms with Gasteiger partial charge in [0, 0.05) is 24.4 Å². The molecule has 0 spiro atoms. The Morgan fingerprint density at radius 2 is 1.52 bits per heavy atom. The van der Waals surface area contributed by atoms with E-state index < -0.39 is 0 Å². The van der Waals surface area contributed by atoms with E-state index in [4.69, 9.17) is 5.10 Å². The molecule has 0 aliphatic heterocycles. The molecule has 2 N–H and O–H groups in total. The molecule has 0 radical (unpaired) electrons. The molecule has 0 bridgehead atoms. The molecule has 0 aliphatic carbocycles. The van der Waals surface area contributed by atoms with E-state index in [2.05, 4.69) is 31.4 Å². The van der Waals surface area contributed by atoms with Gasteiger partial charge in [-0.25, -0.2) is 4.68 Å². The third kappa shape index (κ3) is 6.81. The summed E-state index contributed by atoms with van der Waals surface area (Å²) < 4.78 is 1.82. The molecule has 3 aromatic rings. The summed E-state index contributed by atoms with van der Waals surface area (Å²) in [6, 6.07) is 21.5. The van der Waals surface area contributed by atoms with E-state index in [1.807, 2.05) is 71.4 Å². The summed E-state index contributed by atoms with van der Waals surface area (Å²) in [6.45, 7) is 7.14. The van der Waals surface area contributed by atoms with Crippen molar-refractivity contribution < 1.29 is 9.59 Å². The van der Waals surface area contributed by atoms with E-state index in [1.54, 1.807) is 0 Å². The van der Waals surface area contributed by atoms with Crippen LogP contribution in [-0.2, 0) is 28.0 Å². The standard InChI is InChI=1S/C25H30N4O2/c1-25(2,3)21-17-22(29(28-21)18-20-12-8-5-9-13-20)27-23(30)14-15-26-24(31)16-19-10-6-4-7-11-19/h4-13,17H,14-16,18H2,1-3H3,(H,26,31)(H,27,30). The normalized spacial score (nSPS) is 11.2. The fraction of sp³-hybridized carbons (Fsp3) is 0.320. The number of nitrogens with zero attached hydrogens (tertiary/aromatic N) is 2. The highest BCUT2D eigenvalue weighted by atomic mass is 16.2. The van der Waals surface area contributed by atoms with Crippen LogP contribution in [0.3, 0.4) is 0 Å². The second-order valence-electron chi connectivity index (χ2n) is 8.62. The minimum atomic E-state index is -0.158. The van der Waals surface area contributed by atoms with Gasteiger partial charge in [-0.05, 0) is 11.1 Å². The molecule has 2 amide bonds. The highest BCUT2D eigenvalue weighted by molar-refractivity contribution is 5.90. The van der Waals surface area contributed by atoms with Crippen LogP contribution in [0.15, 0.2) is 66.7 Å². The maximum Gasteiger partial charge on any atom is 0.227 e. The molecule has 162 valence electrons. The predicted octanol–water partition coefficient (Wildman–Crippen LogP) is 3.92. The molecule has 6 nitrogen and oxygen atoms in total. The first-order chi connectivity index (χ1) is 14.8. The lowest BCUT2D eigenvalue weighted by Gasteiger charge is -2.14. The Balaban J connectivity index is 1.58. The molecule has 0 unspecified atom stereocenters. The minimum absolute atomic E-state index is 0.0943. The Morgan fingerprint density at radius 1 is 0.903 bits per heavy atom. The van der Waals surface area contributed by atoms with Crippen molar-refractivity contribution in [3.05, 3.63) is 83.6 Å². The maximum absolute atomic E-state index is 12.5. The highest BCUT2D eigenvalue weighted by Crippen LogP contribution is 2.24. The Kier molecular flexibility index (Phi) is 7.23. The molecule has 2 aromatic carbocycles. The molecule has 0 fully saturated rings. The Hall–Kier alpha value is -3.41. The Morgan fingerprint density at radius 3 is 2.13 bits per heavy atom. The van der Waals surface area contributed by atoms with E-state index in [9.17, 15) is 9.59 Å². The van der Waals surface area contributed by atoms with Crippen molar-refractivity contribution in [2.45, 2.75) is 45.6 Å². The predicted molar refractivity (Wildman–Crippen MR) is 123 cm³/mol. The summed E-state index contributed by atoms with van der Waals surface area (Å²) in [5.74, 6) is 0.409. The van der Waals surface area contributed by atoms with Crippen molar-refractivity contribution in [3.8, 4) is 0 Å². The van der Waals surface area contributed by atoms with Crippen LogP contribution in [-0.4, -0.2) is 28.1 Å². The largest absolute Gasteiger partial charge is 0.355 e. The van der Waals surface area contributed by atoms with E-state index in [-0.39, 0.29) is 30.2 Å². The van der Waals surface area contributed by atoms with Gasteiger partial charge >= 0.3 is 0 Å². The smallest absolute Gasteiger partial charge is 0.227 e. The van der Waals surface area contributed by atoms with Gasteiger partial charge in [-0.15, -0.1) is 0 Å². The number of nitrogens with one attached hydrogen (secondary N) is 2. The summed E-state index contributed by atoms with van der Waals surface area (Å²) in [7, 11) is 0. The van der Waals surface area contributed by atoms with Gasteiger partial charge in [-0.2, -0.15) is 5.10 Å². The number of rotatable bonds is 8. The average molecular weight is 419 g/mol. The number of aromatic nitrogens is 2. The second kappa shape index (κ2) is 10.1. The number of carbonyl (C=O) groups excluding carboxylic acids is 2. The van der Waals surface area contributed by atoms with Crippen molar-refractivity contribution >= 4 is 17.6 Å². The van der Waals surface area contributed by atoms with E-state index in [1.165, 1.54) is 0 Å². The zero-order chi connectivity index (χ0) is 22.3. The average Bonchev–Trinajstić information content (AvgIpc) is 3.12. The van der Waals surface area contributed by atoms with Gasteiger partial charge in [0.25, 0.3) is 0 Å². The van der Waals surface area contributed by atoms with Crippen molar-refractivity contribution in [2.24, 2.45) is 0 Å².